The van der Waals surface area contributed by atoms with E-state index in [1.165, 1.54) is 0 Å². The van der Waals surface area contributed by atoms with Crippen LogP contribution in [0.1, 0.15) is 25.0 Å². The zero-order valence-corrected chi connectivity index (χ0v) is 17.0. The smallest absolute Gasteiger partial charge is 0.138 e. The summed E-state index contributed by atoms with van der Waals surface area (Å²) in [7, 11) is -1.38. The van der Waals surface area contributed by atoms with Gasteiger partial charge in [0, 0.05) is 22.9 Å². The Morgan fingerprint density at radius 1 is 1.14 bits per heavy atom. The molecule has 0 saturated carbocycles. The van der Waals surface area contributed by atoms with Crippen LogP contribution in [-0.4, -0.2) is 31.9 Å². The lowest BCUT2D eigenvalue weighted by Crippen LogP contribution is -2.30. The molecule has 0 spiro atoms. The number of pyridine rings is 1. The first-order chi connectivity index (χ1) is 13.4. The van der Waals surface area contributed by atoms with Crippen molar-refractivity contribution in [3.05, 3.63) is 59.8 Å². The lowest BCUT2D eigenvalue weighted by Gasteiger charge is -2.21. The van der Waals surface area contributed by atoms with Crippen molar-refractivity contribution >= 4 is 28.0 Å². The molecule has 0 saturated heterocycles. The fraction of sp³-hybridized carbons (Fsp3) is 0.273. The Bertz CT molecular complexity index is 1050. The summed E-state index contributed by atoms with van der Waals surface area (Å²) in [6, 6.07) is 12.8. The number of hydrogen-bond donors (Lipinski definition) is 1. The Labute approximate surface area is 166 Å². The maximum atomic E-state index is 12.8. The van der Waals surface area contributed by atoms with Gasteiger partial charge >= 0.3 is 0 Å². The third-order valence-corrected chi connectivity index (χ3v) is 6.36. The van der Waals surface area contributed by atoms with Gasteiger partial charge in [0.2, 0.25) is 0 Å². The van der Waals surface area contributed by atoms with Gasteiger partial charge in [-0.05, 0) is 62.2 Å². The van der Waals surface area contributed by atoms with Crippen LogP contribution in [0.2, 0.25) is 0 Å². The molecule has 0 amide bonds. The van der Waals surface area contributed by atoms with E-state index >= 15 is 0 Å². The summed E-state index contributed by atoms with van der Waals surface area (Å²) < 4.78 is 18.2. The lowest BCUT2D eigenvalue weighted by molar-refractivity contribution is -0.107. The number of fused-ring (bicyclic) bond motifs is 1. The molecule has 2 aromatic carbocycles. The number of ether oxygens (including phenoxy) is 1. The van der Waals surface area contributed by atoms with Crippen molar-refractivity contribution in [3.63, 3.8) is 0 Å². The quantitative estimate of drug-likeness (QED) is 0.611. The predicted octanol–water partition coefficient (Wildman–Crippen LogP) is 3.96. The van der Waals surface area contributed by atoms with Crippen molar-refractivity contribution in [1.29, 1.82) is 0 Å². The molecule has 1 heterocycles. The van der Waals surface area contributed by atoms with Crippen LogP contribution in [0.25, 0.3) is 10.9 Å². The van der Waals surface area contributed by atoms with Crippen LogP contribution in [-0.2, 0) is 22.0 Å². The van der Waals surface area contributed by atoms with Crippen molar-refractivity contribution in [2.75, 3.05) is 6.61 Å². The molecule has 6 heteroatoms. The Hall–Kier alpha value is -2.57. The second-order valence-electron chi connectivity index (χ2n) is 7.25. The highest BCUT2D eigenvalue weighted by Gasteiger charge is 2.26. The molecule has 0 aliphatic rings. The number of carbonyl (C=O) groups is 1. The zero-order chi connectivity index (χ0) is 20.3. The predicted molar refractivity (Wildman–Crippen MR) is 110 cm³/mol. The highest BCUT2D eigenvalue weighted by Crippen LogP contribution is 2.33. The van der Waals surface area contributed by atoms with Crippen LogP contribution < -0.4 is 4.74 Å². The van der Waals surface area contributed by atoms with E-state index in [4.69, 9.17) is 4.74 Å². The Morgan fingerprint density at radius 3 is 2.61 bits per heavy atom. The molecular weight excluding hydrogens is 374 g/mol. The Balaban J connectivity index is 2.01. The van der Waals surface area contributed by atoms with Crippen LogP contribution in [0.4, 0.5) is 0 Å². The molecule has 0 aliphatic carbocycles. The number of hydrogen-bond acceptors (Lipinski definition) is 5. The highest BCUT2D eigenvalue weighted by molar-refractivity contribution is 7.86. The van der Waals surface area contributed by atoms with Crippen molar-refractivity contribution in [2.45, 2.75) is 36.8 Å². The van der Waals surface area contributed by atoms with Crippen LogP contribution in [0, 0.1) is 6.92 Å². The molecule has 1 unspecified atom stereocenters. The first-order valence-corrected chi connectivity index (χ1v) is 10.1. The molecule has 0 fully saturated rings. The van der Waals surface area contributed by atoms with Gasteiger partial charge in [0.15, 0.2) is 0 Å². The van der Waals surface area contributed by atoms with E-state index in [9.17, 15) is 14.1 Å². The molecule has 3 aromatic rings. The molecular formula is C22H23NO4S. The number of aromatic nitrogens is 1. The van der Waals surface area contributed by atoms with Crippen LogP contribution >= 0.6 is 0 Å². The summed E-state index contributed by atoms with van der Waals surface area (Å²) in [5.41, 5.74) is 2.59. The zero-order valence-electron chi connectivity index (χ0n) is 16.1. The van der Waals surface area contributed by atoms with Gasteiger partial charge in [-0.1, -0.05) is 12.1 Å². The molecule has 0 bridgehead atoms. The largest absolute Gasteiger partial charge is 0.456 e. The number of aliphatic hydroxyl groups is 1. The van der Waals surface area contributed by atoms with Crippen molar-refractivity contribution in [2.24, 2.45) is 0 Å². The van der Waals surface area contributed by atoms with Crippen molar-refractivity contribution in [3.8, 4) is 11.5 Å². The van der Waals surface area contributed by atoms with E-state index in [-0.39, 0.29) is 6.61 Å². The second kappa shape index (κ2) is 8.20. The lowest BCUT2D eigenvalue weighted by atomic mass is 10.1. The summed E-state index contributed by atoms with van der Waals surface area (Å²) in [6.07, 6.45) is 2.92. The molecule has 3 rings (SSSR count). The average Bonchev–Trinajstić information content (AvgIpc) is 2.69. The minimum Gasteiger partial charge on any atom is -0.456 e. The number of aryl methyl sites for hydroxylation is 1. The first-order valence-electron chi connectivity index (χ1n) is 8.98. The van der Waals surface area contributed by atoms with Gasteiger partial charge in [0.25, 0.3) is 0 Å². The average molecular weight is 397 g/mol. The number of carbonyl (C=O) groups excluding carboxylic acids is 1. The monoisotopic (exact) mass is 397 g/mol. The number of aliphatic hydroxyl groups excluding tert-OH is 1. The van der Waals surface area contributed by atoms with Gasteiger partial charge in [-0.3, -0.25) is 9.19 Å². The standard InChI is InChI=1S/C22H23NO4S/c1-15-12-16(9-11-24)4-7-20(15)27-21-8-10-23-19-6-5-17(13-18(19)21)28(26)22(2,3)14-25/h4-8,10-13,25H,9,14H2,1-3H3. The molecule has 1 atom stereocenters. The van der Waals surface area contributed by atoms with Gasteiger partial charge < -0.3 is 14.6 Å². The molecule has 1 aromatic heterocycles. The number of aldehydes is 1. The number of benzene rings is 2. The minimum absolute atomic E-state index is 0.180. The van der Waals surface area contributed by atoms with Crippen LogP contribution in [0.3, 0.4) is 0 Å². The summed E-state index contributed by atoms with van der Waals surface area (Å²) in [4.78, 5) is 15.7. The summed E-state index contributed by atoms with van der Waals surface area (Å²) in [6.45, 7) is 5.27. The minimum atomic E-state index is -1.38. The van der Waals surface area contributed by atoms with Gasteiger partial charge in [-0.25, -0.2) is 0 Å². The normalized spacial score (nSPS) is 12.7. The third kappa shape index (κ3) is 4.13. The van der Waals surface area contributed by atoms with Gasteiger partial charge in [0.05, 0.1) is 27.7 Å². The maximum Gasteiger partial charge on any atom is 0.138 e. The van der Waals surface area contributed by atoms with E-state index in [2.05, 4.69) is 4.98 Å². The third-order valence-electron chi connectivity index (χ3n) is 4.55. The maximum absolute atomic E-state index is 12.8. The fourth-order valence-corrected chi connectivity index (χ4v) is 4.02. The van der Waals surface area contributed by atoms with E-state index < -0.39 is 15.5 Å². The molecule has 146 valence electrons. The van der Waals surface area contributed by atoms with Crippen molar-refractivity contribution in [1.82, 2.24) is 4.98 Å². The molecule has 28 heavy (non-hydrogen) atoms. The van der Waals surface area contributed by atoms with E-state index in [0.717, 1.165) is 28.3 Å². The second-order valence-corrected chi connectivity index (χ2v) is 9.36. The van der Waals surface area contributed by atoms with Gasteiger partial charge in [-0.2, -0.15) is 0 Å². The van der Waals surface area contributed by atoms with Crippen LogP contribution in [0.5, 0.6) is 11.5 Å². The Kier molecular flexibility index (Phi) is 5.91. The number of rotatable bonds is 7. The van der Waals surface area contributed by atoms with Crippen LogP contribution in [0.15, 0.2) is 53.6 Å². The summed E-state index contributed by atoms with van der Waals surface area (Å²) in [5.74, 6) is 1.29. The van der Waals surface area contributed by atoms with E-state index in [1.807, 2.05) is 31.2 Å². The summed E-state index contributed by atoms with van der Waals surface area (Å²) >= 11 is 0. The molecule has 0 radical (unpaired) electrons. The number of nitrogens with zero attached hydrogens (tertiary/aromatic N) is 1. The molecule has 1 N–H and O–H groups in total. The SMILES string of the molecule is Cc1cc(CC=O)ccc1Oc1ccnc2ccc(S(=O)C(C)(C)CO)cc12. The van der Waals surface area contributed by atoms with Crippen molar-refractivity contribution < 1.29 is 18.8 Å². The van der Waals surface area contributed by atoms with E-state index in [1.54, 1.807) is 38.2 Å². The summed E-state index contributed by atoms with van der Waals surface area (Å²) in [5, 5.41) is 10.3. The first kappa shape index (κ1) is 20.2. The van der Waals surface area contributed by atoms with E-state index in [0.29, 0.717) is 22.8 Å². The fourth-order valence-electron chi connectivity index (χ4n) is 2.85. The highest BCUT2D eigenvalue weighted by atomic mass is 32.2. The molecule has 5 nitrogen and oxygen atoms in total. The Morgan fingerprint density at radius 2 is 1.93 bits per heavy atom. The molecule has 0 aliphatic heterocycles. The van der Waals surface area contributed by atoms with Gasteiger partial charge in [0.1, 0.15) is 17.8 Å². The van der Waals surface area contributed by atoms with Gasteiger partial charge in [-0.15, -0.1) is 0 Å². The topological polar surface area (TPSA) is 76.5 Å².